The van der Waals surface area contributed by atoms with E-state index in [1.165, 1.54) is 7.11 Å². The number of hydrogen-bond donors (Lipinski definition) is 2. The van der Waals surface area contributed by atoms with Crippen molar-refractivity contribution in [1.29, 1.82) is 0 Å². The van der Waals surface area contributed by atoms with E-state index in [9.17, 15) is 4.79 Å². The third-order valence-corrected chi connectivity index (χ3v) is 6.01. The Morgan fingerprint density at radius 3 is 1.72 bits per heavy atom. The van der Waals surface area contributed by atoms with Crippen molar-refractivity contribution < 1.29 is 33.2 Å². The molecule has 0 radical (unpaired) electrons. The van der Waals surface area contributed by atoms with Crippen LogP contribution in [0, 0.1) is 0 Å². The Balaban J connectivity index is 0.00000221. The van der Waals surface area contributed by atoms with Gasteiger partial charge in [-0.05, 0) is 28.1 Å². The standard InChI is InChI=1S/C30H40N2O7.2C2H6/c1-34-30(33)22-28(32)24-8-6-23(7-9-24)25-10-11-29(27-5-3-2-4-26(25)27)39-21-20-38-19-18-37-17-16-36-15-14-35-13-12-31;2*1-2/h2-11,28H,12-22,31-32H2,1H3;2*1-2H3. The van der Waals surface area contributed by atoms with Crippen LogP contribution in [0.3, 0.4) is 0 Å². The van der Waals surface area contributed by atoms with E-state index in [4.69, 9.17) is 39.9 Å². The molecule has 0 aliphatic heterocycles. The quantitative estimate of drug-likeness (QED) is 0.135. The molecule has 0 spiro atoms. The summed E-state index contributed by atoms with van der Waals surface area (Å²) in [6, 6.07) is 19.7. The summed E-state index contributed by atoms with van der Waals surface area (Å²) >= 11 is 0. The molecule has 3 aromatic rings. The smallest absolute Gasteiger partial charge is 0.307 e. The number of rotatable bonds is 19. The normalized spacial score (nSPS) is 11.1. The summed E-state index contributed by atoms with van der Waals surface area (Å²) in [4.78, 5) is 11.5. The van der Waals surface area contributed by atoms with Crippen LogP contribution in [0.5, 0.6) is 5.75 Å². The summed E-state index contributed by atoms with van der Waals surface area (Å²) in [5.41, 5.74) is 14.5. The molecule has 0 amide bonds. The molecule has 240 valence electrons. The fraction of sp³-hybridized carbons (Fsp3) is 0.500. The van der Waals surface area contributed by atoms with E-state index < -0.39 is 6.04 Å². The first-order valence-corrected chi connectivity index (χ1v) is 15.2. The second kappa shape index (κ2) is 24.4. The van der Waals surface area contributed by atoms with Gasteiger partial charge in [0.2, 0.25) is 0 Å². The lowest BCUT2D eigenvalue weighted by Gasteiger charge is -2.14. The van der Waals surface area contributed by atoms with E-state index in [0.717, 1.165) is 33.2 Å². The molecule has 3 rings (SSSR count). The second-order valence-corrected chi connectivity index (χ2v) is 8.75. The number of carbonyl (C=O) groups excluding carboxylic acids is 1. The molecule has 9 nitrogen and oxygen atoms in total. The third-order valence-electron chi connectivity index (χ3n) is 6.01. The summed E-state index contributed by atoms with van der Waals surface area (Å²) in [5, 5.41) is 2.11. The maximum Gasteiger partial charge on any atom is 0.307 e. The molecule has 0 aliphatic rings. The summed E-state index contributed by atoms with van der Waals surface area (Å²) in [6.07, 6.45) is 0.142. The Morgan fingerprint density at radius 1 is 0.674 bits per heavy atom. The minimum Gasteiger partial charge on any atom is -0.491 e. The van der Waals surface area contributed by atoms with Crippen LogP contribution in [-0.4, -0.2) is 79.1 Å². The lowest BCUT2D eigenvalue weighted by molar-refractivity contribution is -0.141. The van der Waals surface area contributed by atoms with Crippen molar-refractivity contribution in [2.24, 2.45) is 11.5 Å². The van der Waals surface area contributed by atoms with Crippen LogP contribution >= 0.6 is 0 Å². The number of methoxy groups -OCH3 is 1. The molecular weight excluding hydrogens is 548 g/mol. The van der Waals surface area contributed by atoms with Crippen LogP contribution in [0.1, 0.15) is 45.7 Å². The van der Waals surface area contributed by atoms with Gasteiger partial charge >= 0.3 is 5.97 Å². The summed E-state index contributed by atoms with van der Waals surface area (Å²) in [6.45, 7) is 13.1. The molecule has 0 fully saturated rings. The number of carbonyl (C=O) groups is 1. The molecule has 0 bridgehead atoms. The highest BCUT2D eigenvalue weighted by atomic mass is 16.6. The largest absolute Gasteiger partial charge is 0.491 e. The van der Waals surface area contributed by atoms with Crippen LogP contribution in [0.4, 0.5) is 0 Å². The Hall–Kier alpha value is -3.05. The number of nitrogens with two attached hydrogens (primary N) is 2. The average molecular weight is 601 g/mol. The Bertz CT molecular complexity index is 1130. The highest BCUT2D eigenvalue weighted by Gasteiger charge is 2.13. The summed E-state index contributed by atoms with van der Waals surface area (Å²) in [7, 11) is 1.36. The van der Waals surface area contributed by atoms with E-state index in [2.05, 4.69) is 18.2 Å². The predicted molar refractivity (Wildman–Crippen MR) is 173 cm³/mol. The lowest BCUT2D eigenvalue weighted by atomic mass is 9.95. The van der Waals surface area contributed by atoms with Crippen LogP contribution in [0.25, 0.3) is 21.9 Å². The van der Waals surface area contributed by atoms with Gasteiger partial charge in [0.15, 0.2) is 0 Å². The molecule has 0 aliphatic carbocycles. The van der Waals surface area contributed by atoms with Gasteiger partial charge in [0.05, 0.1) is 66.4 Å². The first-order valence-electron chi connectivity index (χ1n) is 15.2. The zero-order chi connectivity index (χ0) is 31.7. The Kier molecular flexibility index (Phi) is 21.5. The van der Waals surface area contributed by atoms with Crippen molar-refractivity contribution in [3.05, 3.63) is 66.2 Å². The number of esters is 1. The molecule has 0 saturated carbocycles. The van der Waals surface area contributed by atoms with Crippen LogP contribution < -0.4 is 16.2 Å². The summed E-state index contributed by atoms with van der Waals surface area (Å²) < 4.78 is 32.5. The van der Waals surface area contributed by atoms with Gasteiger partial charge in [-0.1, -0.05) is 82.3 Å². The molecule has 0 saturated heterocycles. The molecule has 43 heavy (non-hydrogen) atoms. The number of fused-ring (bicyclic) bond motifs is 1. The van der Waals surface area contributed by atoms with Gasteiger partial charge < -0.3 is 39.9 Å². The maximum atomic E-state index is 11.5. The molecule has 3 aromatic carbocycles. The first kappa shape index (κ1) is 38.0. The highest BCUT2D eigenvalue weighted by Crippen LogP contribution is 2.35. The van der Waals surface area contributed by atoms with Crippen molar-refractivity contribution in [2.75, 3.05) is 73.1 Å². The minimum atomic E-state index is -0.404. The van der Waals surface area contributed by atoms with Crippen molar-refractivity contribution >= 4 is 16.7 Å². The second-order valence-electron chi connectivity index (χ2n) is 8.75. The molecule has 4 N–H and O–H groups in total. The van der Waals surface area contributed by atoms with Gasteiger partial charge in [0.1, 0.15) is 12.4 Å². The Labute approximate surface area is 257 Å². The van der Waals surface area contributed by atoms with Crippen LogP contribution in [0.15, 0.2) is 60.7 Å². The van der Waals surface area contributed by atoms with E-state index in [1.54, 1.807) is 0 Å². The fourth-order valence-electron chi connectivity index (χ4n) is 4.00. The van der Waals surface area contributed by atoms with Crippen molar-refractivity contribution in [3.8, 4) is 16.9 Å². The minimum absolute atomic E-state index is 0.142. The topological polar surface area (TPSA) is 124 Å². The monoisotopic (exact) mass is 600 g/mol. The van der Waals surface area contributed by atoms with E-state index in [0.29, 0.717) is 66.0 Å². The van der Waals surface area contributed by atoms with Gasteiger partial charge in [0, 0.05) is 18.0 Å². The third kappa shape index (κ3) is 14.3. The van der Waals surface area contributed by atoms with E-state index >= 15 is 0 Å². The molecule has 1 unspecified atom stereocenters. The van der Waals surface area contributed by atoms with Crippen LogP contribution in [0.2, 0.25) is 0 Å². The molecular formula is C34H52N2O7. The lowest BCUT2D eigenvalue weighted by Crippen LogP contribution is -2.16. The van der Waals surface area contributed by atoms with Crippen molar-refractivity contribution in [1.82, 2.24) is 0 Å². The predicted octanol–water partition coefficient (Wildman–Crippen LogP) is 5.53. The van der Waals surface area contributed by atoms with Crippen LogP contribution in [-0.2, 0) is 28.5 Å². The van der Waals surface area contributed by atoms with E-state index in [1.807, 2.05) is 70.2 Å². The molecule has 0 aromatic heterocycles. The maximum absolute atomic E-state index is 11.5. The highest BCUT2D eigenvalue weighted by molar-refractivity contribution is 6.00. The summed E-state index contributed by atoms with van der Waals surface area (Å²) in [5.74, 6) is 0.479. The zero-order valence-electron chi connectivity index (χ0n) is 26.6. The number of ether oxygens (including phenoxy) is 6. The number of hydrogen-bond acceptors (Lipinski definition) is 9. The fourth-order valence-corrected chi connectivity index (χ4v) is 4.00. The van der Waals surface area contributed by atoms with Gasteiger partial charge in [0.25, 0.3) is 0 Å². The Morgan fingerprint density at radius 2 is 1.19 bits per heavy atom. The van der Waals surface area contributed by atoms with Gasteiger partial charge in [-0.3, -0.25) is 4.79 Å². The van der Waals surface area contributed by atoms with Crippen molar-refractivity contribution in [3.63, 3.8) is 0 Å². The first-order chi connectivity index (χ1) is 21.1. The molecule has 1 atom stereocenters. The van der Waals surface area contributed by atoms with E-state index in [-0.39, 0.29) is 12.4 Å². The zero-order valence-corrected chi connectivity index (χ0v) is 26.6. The van der Waals surface area contributed by atoms with Crippen molar-refractivity contribution in [2.45, 2.75) is 40.2 Å². The molecule has 0 heterocycles. The van der Waals surface area contributed by atoms with Gasteiger partial charge in [-0.15, -0.1) is 0 Å². The van der Waals surface area contributed by atoms with Gasteiger partial charge in [-0.25, -0.2) is 0 Å². The van der Waals surface area contributed by atoms with Gasteiger partial charge in [-0.2, -0.15) is 0 Å². The SMILES string of the molecule is CC.CC.COC(=O)CC(N)c1ccc(-c2ccc(OCCOCCOCCOCCOCCN)c3ccccc23)cc1. The molecule has 9 heteroatoms. The average Bonchev–Trinajstić information content (AvgIpc) is 3.06. The number of benzene rings is 3.